The molecular weight excluding hydrogens is 196 g/mol. The Morgan fingerprint density at radius 3 is 2.56 bits per heavy atom. The summed E-state index contributed by atoms with van der Waals surface area (Å²) in [5.41, 5.74) is 0. The highest BCUT2D eigenvalue weighted by molar-refractivity contribution is 4.75. The van der Waals surface area contributed by atoms with Crippen LogP contribution in [-0.2, 0) is 0 Å². The molecule has 0 aliphatic heterocycles. The van der Waals surface area contributed by atoms with E-state index in [-0.39, 0.29) is 0 Å². The minimum absolute atomic E-state index is 0.696. The largest absolute Gasteiger partial charge is 0.315 e. The second kappa shape index (κ2) is 8.08. The summed E-state index contributed by atoms with van der Waals surface area (Å²) in [5, 5.41) is 3.48. The average molecular weight is 226 g/mol. The van der Waals surface area contributed by atoms with E-state index >= 15 is 0 Å². The lowest BCUT2D eigenvalue weighted by Crippen LogP contribution is -2.30. The van der Waals surface area contributed by atoms with E-state index in [2.05, 4.69) is 31.1 Å². The van der Waals surface area contributed by atoms with E-state index < -0.39 is 0 Å². The Hall–Kier alpha value is -0.0800. The fraction of sp³-hybridized carbons (Fsp3) is 1.00. The third kappa shape index (κ3) is 5.31. The molecule has 0 radical (unpaired) electrons. The lowest BCUT2D eigenvalue weighted by molar-refractivity contribution is 0.239. The Labute approximate surface area is 102 Å². The van der Waals surface area contributed by atoms with Crippen molar-refractivity contribution in [3.63, 3.8) is 0 Å². The van der Waals surface area contributed by atoms with Crippen LogP contribution in [0, 0.1) is 0 Å². The Morgan fingerprint density at radius 2 is 1.94 bits per heavy atom. The van der Waals surface area contributed by atoms with E-state index in [1.165, 1.54) is 51.5 Å². The van der Waals surface area contributed by atoms with Gasteiger partial charge >= 0.3 is 0 Å². The molecule has 0 spiro atoms. The second-order valence-corrected chi connectivity index (χ2v) is 5.37. The van der Waals surface area contributed by atoms with Crippen molar-refractivity contribution in [1.29, 1.82) is 0 Å². The van der Waals surface area contributed by atoms with E-state index in [1.807, 2.05) is 0 Å². The number of rotatable bonds is 8. The topological polar surface area (TPSA) is 15.3 Å². The van der Waals surface area contributed by atoms with E-state index in [4.69, 9.17) is 0 Å². The molecule has 0 heterocycles. The summed E-state index contributed by atoms with van der Waals surface area (Å²) < 4.78 is 0. The quantitative estimate of drug-likeness (QED) is 0.640. The van der Waals surface area contributed by atoms with Gasteiger partial charge in [-0.2, -0.15) is 0 Å². The van der Waals surface area contributed by atoms with Gasteiger partial charge in [0, 0.05) is 12.1 Å². The highest BCUT2D eigenvalue weighted by Crippen LogP contribution is 2.22. The zero-order chi connectivity index (χ0) is 11.8. The zero-order valence-corrected chi connectivity index (χ0v) is 11.5. The lowest BCUT2D eigenvalue weighted by atomic mass is 10.1. The summed E-state index contributed by atoms with van der Waals surface area (Å²) in [6.45, 7) is 6.88. The fourth-order valence-electron chi connectivity index (χ4n) is 2.79. The minimum atomic E-state index is 0.696. The molecule has 0 saturated heterocycles. The van der Waals surface area contributed by atoms with Crippen LogP contribution in [0.4, 0.5) is 0 Å². The molecule has 1 rings (SSSR count). The van der Waals surface area contributed by atoms with E-state index in [0.717, 1.165) is 12.6 Å². The monoisotopic (exact) mass is 226 g/mol. The molecule has 2 heteroatoms. The molecule has 1 aliphatic carbocycles. The first kappa shape index (κ1) is 14.0. The van der Waals surface area contributed by atoms with Crippen LogP contribution >= 0.6 is 0 Å². The van der Waals surface area contributed by atoms with Crippen LogP contribution < -0.4 is 5.32 Å². The van der Waals surface area contributed by atoms with E-state index in [1.54, 1.807) is 0 Å². The summed E-state index contributed by atoms with van der Waals surface area (Å²) in [7, 11) is 2.31. The van der Waals surface area contributed by atoms with Crippen LogP contribution in [0.3, 0.4) is 0 Å². The van der Waals surface area contributed by atoms with Crippen molar-refractivity contribution in [2.75, 3.05) is 20.1 Å². The number of nitrogens with zero attached hydrogens (tertiary/aromatic N) is 1. The van der Waals surface area contributed by atoms with Gasteiger partial charge in [0.05, 0.1) is 0 Å². The van der Waals surface area contributed by atoms with Gasteiger partial charge in [-0.25, -0.2) is 0 Å². The molecule has 0 bridgehead atoms. The van der Waals surface area contributed by atoms with Crippen molar-refractivity contribution in [2.24, 2.45) is 0 Å². The predicted molar refractivity (Wildman–Crippen MR) is 71.9 cm³/mol. The number of hydrogen-bond acceptors (Lipinski definition) is 2. The molecular formula is C14H30N2. The van der Waals surface area contributed by atoms with Gasteiger partial charge in [0.2, 0.25) is 0 Å². The van der Waals surface area contributed by atoms with E-state index in [9.17, 15) is 0 Å². The number of nitrogens with one attached hydrogen (secondary N) is 1. The zero-order valence-electron chi connectivity index (χ0n) is 11.5. The molecule has 96 valence electrons. The highest BCUT2D eigenvalue weighted by atomic mass is 15.1. The first-order chi connectivity index (χ1) is 7.74. The van der Waals surface area contributed by atoms with Crippen LogP contribution in [0.1, 0.15) is 58.8 Å². The summed E-state index contributed by atoms with van der Waals surface area (Å²) >= 11 is 0. The standard InChI is InChI=1S/C14H30N2/c1-4-15-13(2)9-7-8-12-16(3)14-10-5-6-11-14/h13-15H,4-12H2,1-3H3. The summed E-state index contributed by atoms with van der Waals surface area (Å²) in [4.78, 5) is 2.59. The van der Waals surface area contributed by atoms with Crippen LogP contribution in [0.15, 0.2) is 0 Å². The molecule has 2 nitrogen and oxygen atoms in total. The summed E-state index contributed by atoms with van der Waals surface area (Å²) in [6.07, 6.45) is 9.83. The van der Waals surface area contributed by atoms with Gasteiger partial charge in [0.1, 0.15) is 0 Å². The SMILES string of the molecule is CCNC(C)CCCCN(C)C1CCCC1. The van der Waals surface area contributed by atoms with E-state index in [0.29, 0.717) is 6.04 Å². The van der Waals surface area contributed by atoms with Crippen LogP contribution in [0.5, 0.6) is 0 Å². The molecule has 16 heavy (non-hydrogen) atoms. The van der Waals surface area contributed by atoms with Crippen LogP contribution in [0.25, 0.3) is 0 Å². The van der Waals surface area contributed by atoms with Gasteiger partial charge in [-0.3, -0.25) is 0 Å². The number of unbranched alkanes of at least 4 members (excludes halogenated alkanes) is 1. The van der Waals surface area contributed by atoms with Crippen molar-refractivity contribution in [3.8, 4) is 0 Å². The molecule has 1 saturated carbocycles. The Morgan fingerprint density at radius 1 is 1.25 bits per heavy atom. The molecule has 1 unspecified atom stereocenters. The Bertz CT molecular complexity index is 164. The van der Waals surface area contributed by atoms with Crippen molar-refractivity contribution in [2.45, 2.75) is 70.9 Å². The van der Waals surface area contributed by atoms with Gasteiger partial charge < -0.3 is 10.2 Å². The first-order valence-electron chi connectivity index (χ1n) is 7.17. The summed E-state index contributed by atoms with van der Waals surface area (Å²) in [5.74, 6) is 0. The third-order valence-corrected chi connectivity index (χ3v) is 3.90. The van der Waals surface area contributed by atoms with Crippen LogP contribution in [0.2, 0.25) is 0 Å². The second-order valence-electron chi connectivity index (χ2n) is 5.37. The molecule has 0 aromatic heterocycles. The first-order valence-corrected chi connectivity index (χ1v) is 7.17. The van der Waals surface area contributed by atoms with Gasteiger partial charge in [-0.1, -0.05) is 26.2 Å². The van der Waals surface area contributed by atoms with Crippen molar-refractivity contribution >= 4 is 0 Å². The maximum absolute atomic E-state index is 3.48. The molecule has 1 atom stereocenters. The Kier molecular flexibility index (Phi) is 7.06. The lowest BCUT2D eigenvalue weighted by Gasteiger charge is -2.24. The van der Waals surface area contributed by atoms with Crippen molar-refractivity contribution < 1.29 is 0 Å². The minimum Gasteiger partial charge on any atom is -0.315 e. The van der Waals surface area contributed by atoms with Gasteiger partial charge in [0.25, 0.3) is 0 Å². The van der Waals surface area contributed by atoms with Gasteiger partial charge in [-0.15, -0.1) is 0 Å². The van der Waals surface area contributed by atoms with Crippen molar-refractivity contribution in [1.82, 2.24) is 10.2 Å². The van der Waals surface area contributed by atoms with Crippen molar-refractivity contribution in [3.05, 3.63) is 0 Å². The Balaban J connectivity index is 1.97. The molecule has 1 N–H and O–H groups in total. The molecule has 0 aromatic carbocycles. The summed E-state index contributed by atoms with van der Waals surface area (Å²) in [6, 6.07) is 1.59. The fourth-order valence-corrected chi connectivity index (χ4v) is 2.79. The average Bonchev–Trinajstić information content (AvgIpc) is 2.78. The molecule has 1 aliphatic rings. The van der Waals surface area contributed by atoms with Gasteiger partial charge in [0.15, 0.2) is 0 Å². The molecule has 0 amide bonds. The maximum Gasteiger partial charge on any atom is 0.00922 e. The van der Waals surface area contributed by atoms with Crippen LogP contribution in [-0.4, -0.2) is 37.1 Å². The molecule has 0 aromatic rings. The third-order valence-electron chi connectivity index (χ3n) is 3.90. The predicted octanol–water partition coefficient (Wildman–Crippen LogP) is 3.03. The number of hydrogen-bond donors (Lipinski definition) is 1. The van der Waals surface area contributed by atoms with Gasteiger partial charge in [-0.05, 0) is 52.7 Å². The highest BCUT2D eigenvalue weighted by Gasteiger charge is 2.18. The maximum atomic E-state index is 3.48. The molecule has 1 fully saturated rings. The normalized spacial score (nSPS) is 19.5. The smallest absolute Gasteiger partial charge is 0.00922 e.